The highest BCUT2D eigenvalue weighted by Gasteiger charge is 2.27. The second-order valence-electron chi connectivity index (χ2n) is 5.76. The Labute approximate surface area is 134 Å². The molecular weight excluding hydrogens is 290 g/mol. The van der Waals surface area contributed by atoms with Crippen LogP contribution in [0.25, 0.3) is 0 Å². The average molecular weight is 307 g/mol. The summed E-state index contributed by atoms with van der Waals surface area (Å²) in [6.45, 7) is 1.87. The van der Waals surface area contributed by atoms with E-state index in [1.165, 1.54) is 6.07 Å². The number of nitriles is 1. The van der Waals surface area contributed by atoms with E-state index in [0.717, 1.165) is 6.42 Å². The third kappa shape index (κ3) is 3.16. The number of pyridine rings is 1. The number of amides is 1. The minimum Gasteiger partial charge on any atom is -0.338 e. The summed E-state index contributed by atoms with van der Waals surface area (Å²) in [6.07, 6.45) is 2.56. The van der Waals surface area contributed by atoms with Gasteiger partial charge < -0.3 is 9.47 Å². The second kappa shape index (κ2) is 6.49. The molecule has 0 unspecified atom stereocenters. The average Bonchev–Trinajstić information content (AvgIpc) is 3.05. The number of hydrogen-bond acceptors (Lipinski definition) is 3. The van der Waals surface area contributed by atoms with Crippen molar-refractivity contribution in [3.8, 4) is 6.07 Å². The van der Waals surface area contributed by atoms with Crippen LogP contribution in [0.15, 0.2) is 53.5 Å². The SMILES string of the molecule is N#Cc1cccn(C[C@H]2CCN(C(=O)c3ccccc3)C2)c1=O. The fourth-order valence-corrected chi connectivity index (χ4v) is 2.97. The summed E-state index contributed by atoms with van der Waals surface area (Å²) in [5, 5.41) is 8.93. The number of likely N-dealkylation sites (tertiary alicyclic amines) is 1. The number of nitrogens with zero attached hydrogens (tertiary/aromatic N) is 3. The molecule has 1 atom stereocenters. The largest absolute Gasteiger partial charge is 0.338 e. The fraction of sp³-hybridized carbons (Fsp3) is 0.278. The number of rotatable bonds is 3. The molecule has 5 heteroatoms. The first-order chi connectivity index (χ1) is 11.2. The first-order valence-corrected chi connectivity index (χ1v) is 7.63. The number of aromatic nitrogens is 1. The third-order valence-corrected chi connectivity index (χ3v) is 4.19. The van der Waals surface area contributed by atoms with E-state index in [2.05, 4.69) is 0 Å². The van der Waals surface area contributed by atoms with Gasteiger partial charge in [0.15, 0.2) is 0 Å². The number of carbonyl (C=O) groups is 1. The number of benzene rings is 1. The highest BCUT2D eigenvalue weighted by molar-refractivity contribution is 5.94. The zero-order valence-electron chi connectivity index (χ0n) is 12.7. The molecule has 0 saturated carbocycles. The van der Waals surface area contributed by atoms with E-state index in [1.54, 1.807) is 16.8 Å². The molecule has 1 amide bonds. The van der Waals surface area contributed by atoms with Crippen LogP contribution in [0, 0.1) is 17.2 Å². The summed E-state index contributed by atoms with van der Waals surface area (Å²) in [4.78, 5) is 26.3. The predicted octanol–water partition coefficient (Wildman–Crippen LogP) is 1.88. The van der Waals surface area contributed by atoms with E-state index in [0.29, 0.717) is 25.2 Å². The van der Waals surface area contributed by atoms with Crippen molar-refractivity contribution in [2.75, 3.05) is 13.1 Å². The maximum atomic E-state index is 12.4. The van der Waals surface area contributed by atoms with Crippen LogP contribution in [-0.4, -0.2) is 28.5 Å². The summed E-state index contributed by atoms with van der Waals surface area (Å²) in [5.41, 5.74) is 0.586. The Morgan fingerprint density at radius 3 is 2.74 bits per heavy atom. The molecule has 0 radical (unpaired) electrons. The summed E-state index contributed by atoms with van der Waals surface area (Å²) in [7, 11) is 0. The molecule has 0 N–H and O–H groups in total. The Morgan fingerprint density at radius 1 is 1.22 bits per heavy atom. The summed E-state index contributed by atoms with van der Waals surface area (Å²) >= 11 is 0. The maximum absolute atomic E-state index is 12.4. The van der Waals surface area contributed by atoms with Crippen LogP contribution in [0.5, 0.6) is 0 Å². The molecule has 2 heterocycles. The highest BCUT2D eigenvalue weighted by Crippen LogP contribution is 2.20. The van der Waals surface area contributed by atoms with E-state index < -0.39 is 0 Å². The van der Waals surface area contributed by atoms with Gasteiger partial charge in [-0.3, -0.25) is 9.59 Å². The molecule has 0 aliphatic carbocycles. The van der Waals surface area contributed by atoms with Gasteiger partial charge in [-0.05, 0) is 36.6 Å². The standard InChI is InChI=1S/C18H17N3O2/c19-11-16-7-4-9-20(18(16)23)12-14-8-10-21(13-14)17(22)15-5-2-1-3-6-15/h1-7,9,14H,8,10,12-13H2/t14-/m1/s1. The minimum atomic E-state index is -0.261. The predicted molar refractivity (Wildman–Crippen MR) is 85.9 cm³/mol. The van der Waals surface area contributed by atoms with Gasteiger partial charge in [-0.2, -0.15) is 5.26 Å². The number of carbonyl (C=O) groups excluding carboxylic acids is 1. The van der Waals surface area contributed by atoms with Gasteiger partial charge in [-0.15, -0.1) is 0 Å². The smallest absolute Gasteiger partial charge is 0.268 e. The molecule has 0 bridgehead atoms. The maximum Gasteiger partial charge on any atom is 0.268 e. The number of hydrogen-bond donors (Lipinski definition) is 0. The molecule has 0 spiro atoms. The molecule has 3 rings (SSSR count). The molecule has 1 saturated heterocycles. The van der Waals surface area contributed by atoms with Gasteiger partial charge in [0, 0.05) is 31.4 Å². The van der Waals surface area contributed by atoms with Gasteiger partial charge >= 0.3 is 0 Å². The lowest BCUT2D eigenvalue weighted by Gasteiger charge is -2.17. The second-order valence-corrected chi connectivity index (χ2v) is 5.76. The first-order valence-electron chi connectivity index (χ1n) is 7.63. The molecule has 23 heavy (non-hydrogen) atoms. The first kappa shape index (κ1) is 15.0. The van der Waals surface area contributed by atoms with E-state index in [4.69, 9.17) is 5.26 Å². The lowest BCUT2D eigenvalue weighted by Crippen LogP contribution is -2.30. The van der Waals surface area contributed by atoms with E-state index >= 15 is 0 Å². The normalized spacial score (nSPS) is 17.0. The monoisotopic (exact) mass is 307 g/mol. The van der Waals surface area contributed by atoms with E-state index in [9.17, 15) is 9.59 Å². The lowest BCUT2D eigenvalue weighted by atomic mass is 10.1. The lowest BCUT2D eigenvalue weighted by molar-refractivity contribution is 0.0786. The Balaban J connectivity index is 1.68. The van der Waals surface area contributed by atoms with Crippen molar-refractivity contribution in [3.05, 3.63) is 70.1 Å². The zero-order valence-corrected chi connectivity index (χ0v) is 12.7. The van der Waals surface area contributed by atoms with Crippen LogP contribution in [0.1, 0.15) is 22.3 Å². The Bertz CT molecular complexity index is 805. The Morgan fingerprint density at radius 2 is 2.00 bits per heavy atom. The molecule has 1 fully saturated rings. The summed E-state index contributed by atoms with van der Waals surface area (Å²) < 4.78 is 1.57. The van der Waals surface area contributed by atoms with Crippen molar-refractivity contribution >= 4 is 5.91 Å². The topological polar surface area (TPSA) is 66.1 Å². The van der Waals surface area contributed by atoms with E-state index in [-0.39, 0.29) is 22.9 Å². The zero-order chi connectivity index (χ0) is 16.2. The molecule has 116 valence electrons. The Kier molecular flexibility index (Phi) is 4.24. The fourth-order valence-electron chi connectivity index (χ4n) is 2.97. The summed E-state index contributed by atoms with van der Waals surface area (Å²) in [6, 6.07) is 14.4. The van der Waals surface area contributed by atoms with Crippen LogP contribution in [0.2, 0.25) is 0 Å². The van der Waals surface area contributed by atoms with Crippen LogP contribution >= 0.6 is 0 Å². The van der Waals surface area contributed by atoms with Crippen molar-refractivity contribution in [1.82, 2.24) is 9.47 Å². The van der Waals surface area contributed by atoms with Crippen LogP contribution in [0.4, 0.5) is 0 Å². The van der Waals surface area contributed by atoms with Crippen molar-refractivity contribution < 1.29 is 4.79 Å². The van der Waals surface area contributed by atoms with E-state index in [1.807, 2.05) is 41.3 Å². The molecule has 1 aliphatic rings. The van der Waals surface area contributed by atoms with Crippen molar-refractivity contribution in [3.63, 3.8) is 0 Å². The molecule has 5 nitrogen and oxygen atoms in total. The molecule has 1 aliphatic heterocycles. The third-order valence-electron chi connectivity index (χ3n) is 4.19. The van der Waals surface area contributed by atoms with Crippen LogP contribution in [0.3, 0.4) is 0 Å². The molecule has 2 aromatic rings. The highest BCUT2D eigenvalue weighted by atomic mass is 16.2. The quantitative estimate of drug-likeness (QED) is 0.869. The molecular formula is C18H17N3O2. The van der Waals surface area contributed by atoms with Gasteiger partial charge in [-0.1, -0.05) is 18.2 Å². The van der Waals surface area contributed by atoms with Crippen molar-refractivity contribution in [2.45, 2.75) is 13.0 Å². The van der Waals surface area contributed by atoms with Gasteiger partial charge in [0.1, 0.15) is 11.6 Å². The van der Waals surface area contributed by atoms with Gasteiger partial charge in [0.05, 0.1) is 0 Å². The van der Waals surface area contributed by atoms with Crippen LogP contribution < -0.4 is 5.56 Å². The van der Waals surface area contributed by atoms with Crippen LogP contribution in [-0.2, 0) is 6.54 Å². The molecule has 1 aromatic carbocycles. The Hall–Kier alpha value is -2.87. The minimum absolute atomic E-state index is 0.0335. The van der Waals surface area contributed by atoms with Gasteiger partial charge in [-0.25, -0.2) is 0 Å². The molecule has 1 aromatic heterocycles. The van der Waals surface area contributed by atoms with Crippen molar-refractivity contribution in [1.29, 1.82) is 5.26 Å². The van der Waals surface area contributed by atoms with Crippen molar-refractivity contribution in [2.24, 2.45) is 5.92 Å². The van der Waals surface area contributed by atoms with Gasteiger partial charge in [0.2, 0.25) is 0 Å². The summed E-state index contributed by atoms with van der Waals surface area (Å²) in [5.74, 6) is 0.264. The van der Waals surface area contributed by atoms with Gasteiger partial charge in [0.25, 0.3) is 11.5 Å².